The zero-order chi connectivity index (χ0) is 31.8. The molecule has 18 rings (SSSR count). The molecule has 10 aliphatic heterocycles. The Bertz CT molecular complexity index is 1970. The van der Waals surface area contributed by atoms with Crippen LogP contribution in [0, 0.1) is 52.8 Å². The Morgan fingerprint density at radius 3 is 1.17 bits per heavy atom. The summed E-state index contributed by atoms with van der Waals surface area (Å²) in [6.45, 7) is 21.1. The van der Waals surface area contributed by atoms with Gasteiger partial charge in [0.15, 0.2) is 0 Å². The second-order valence-corrected chi connectivity index (χ2v) is 57.3. The molecule has 0 aromatic rings. The van der Waals surface area contributed by atoms with E-state index < -0.39 is 6.51 Å². The van der Waals surface area contributed by atoms with Crippen LogP contribution >= 0.6 is 15.8 Å². The van der Waals surface area contributed by atoms with E-state index in [0.29, 0.717) is 15.7 Å². The summed E-state index contributed by atoms with van der Waals surface area (Å²) in [6.07, 6.45) is 20.7. The zero-order valence-electron chi connectivity index (χ0n) is 31.5. The Balaban J connectivity index is 0.924. The minimum absolute atomic E-state index is 0.0298. The Labute approximate surface area is 280 Å². The van der Waals surface area contributed by atoms with E-state index in [-0.39, 0.29) is 15.8 Å². The van der Waals surface area contributed by atoms with Crippen molar-refractivity contribution in [3.05, 3.63) is 0 Å². The first-order valence-corrected chi connectivity index (χ1v) is 30.9. The molecule has 1 spiro atoms. The Hall–Kier alpha value is 1.38. The molecule has 10 heterocycles. The van der Waals surface area contributed by atoms with Gasteiger partial charge in [0.2, 0.25) is 0 Å². The second-order valence-electron chi connectivity index (χ2n) is 27.8. The normalized spacial score (nSPS) is 79.3. The number of hydrogen-bond donors (Lipinski definition) is 0. The summed E-state index contributed by atoms with van der Waals surface area (Å²) in [6, 6.07) is 0. The van der Waals surface area contributed by atoms with Gasteiger partial charge in [0.1, 0.15) is 0 Å². The van der Waals surface area contributed by atoms with Gasteiger partial charge in [-0.25, -0.2) is 0 Å². The quantitative estimate of drug-likeness (QED) is 0.190. The van der Waals surface area contributed by atoms with E-state index in [4.69, 9.17) is 0 Å². The van der Waals surface area contributed by atoms with E-state index >= 15 is 0 Å². The zero-order valence-corrected chi connectivity index (χ0v) is 34.4. The predicted octanol–water partition coefficient (Wildman–Crippen LogP) is 13.7. The van der Waals surface area contributed by atoms with Crippen molar-refractivity contribution in [2.75, 3.05) is 12.3 Å². The molecular formula is C44H68FeP2. The molecule has 18 fully saturated rings. The van der Waals surface area contributed by atoms with Gasteiger partial charge in [-0.2, -0.15) is 0 Å². The van der Waals surface area contributed by atoms with Gasteiger partial charge in [-0.15, -0.1) is 0 Å². The van der Waals surface area contributed by atoms with Gasteiger partial charge in [0.25, 0.3) is 0 Å². The number of rotatable bonds is 6. The third-order valence-electron chi connectivity index (χ3n) is 28.3. The standard InChI is InChI=1S/C35H55P2.C9H13.Fe/c1-34(2,3)37(35(4,5)6)21-27-9-7-8-26(27)20-36(32-28-12-22-10-23(14-28)15-29(32)13-22)33-30-16-24-11-25(18-30)19-31(33)17-24;1-9(2,3)8-6-4-5-7-8;/h7-9,22-25,28-33H,10-21H2,1-6H3;4-7H,1-3H3;. The van der Waals surface area contributed by atoms with Crippen molar-refractivity contribution < 1.29 is 6.51 Å². The summed E-state index contributed by atoms with van der Waals surface area (Å²) in [5.74, 6) is 9.40. The first-order chi connectivity index (χ1) is 21.8. The van der Waals surface area contributed by atoms with Crippen LogP contribution in [0.1, 0.15) is 127 Å². The van der Waals surface area contributed by atoms with Crippen molar-refractivity contribution >= 4 is 15.8 Å². The van der Waals surface area contributed by atoms with Crippen molar-refractivity contribution in [1.82, 2.24) is 0 Å². The maximum absolute atomic E-state index is 3.86. The van der Waals surface area contributed by atoms with Crippen molar-refractivity contribution in [3.63, 3.8) is 0 Å². The molecule has 9 atom stereocenters. The SMILES string of the molecule is CC(C)(C)P(C[C]12[CH]3[CH]4[CH]5[C]1(CP(C1C6CC7CC(C6)CC1C7)C1C6CC7CC(C6)CC1C7)[Fe]45321678[CH]2[CH]1[CH]6[C]7(C(C)(C)C)[CH]28)C(C)(C)C. The van der Waals surface area contributed by atoms with Gasteiger partial charge in [0, 0.05) is 0 Å². The van der Waals surface area contributed by atoms with E-state index in [2.05, 4.69) is 62.3 Å². The molecule has 18 aliphatic rings. The van der Waals surface area contributed by atoms with Crippen LogP contribution < -0.4 is 0 Å². The summed E-state index contributed by atoms with van der Waals surface area (Å²) >= 11 is 0. The van der Waals surface area contributed by atoms with Crippen molar-refractivity contribution in [2.24, 2.45) is 52.8 Å². The molecule has 9 unspecified atom stereocenters. The molecule has 0 aromatic heterocycles. The van der Waals surface area contributed by atoms with Crippen LogP contribution in [0.3, 0.4) is 0 Å². The van der Waals surface area contributed by atoms with Gasteiger partial charge in [-0.1, -0.05) is 0 Å². The molecule has 8 saturated carbocycles. The fourth-order valence-electron chi connectivity index (χ4n) is 32.1. The van der Waals surface area contributed by atoms with Crippen molar-refractivity contribution in [2.45, 2.75) is 195 Å². The molecule has 0 amide bonds. The Kier molecular flexibility index (Phi) is 2.56. The predicted molar refractivity (Wildman–Crippen MR) is 199 cm³/mol. The summed E-state index contributed by atoms with van der Waals surface area (Å²) in [5.41, 5.74) is 3.12. The molecule has 10 saturated heterocycles. The Morgan fingerprint density at radius 2 is 0.872 bits per heavy atom. The van der Waals surface area contributed by atoms with Crippen LogP contribution in [0.5, 0.6) is 0 Å². The molecule has 8 aliphatic carbocycles. The van der Waals surface area contributed by atoms with Gasteiger partial charge < -0.3 is 0 Å². The topological polar surface area (TPSA) is 0 Å². The minimum atomic E-state index is -3.86. The molecule has 47 heavy (non-hydrogen) atoms. The first-order valence-electron chi connectivity index (χ1n) is 21.6. The molecule has 0 N–H and O–H groups in total. The molecule has 8 bridgehead atoms. The fourth-order valence-corrected chi connectivity index (χ4v) is 129. The van der Waals surface area contributed by atoms with Crippen LogP contribution in [0.4, 0.5) is 0 Å². The summed E-state index contributed by atoms with van der Waals surface area (Å²) in [4.78, 5) is 10.0. The second kappa shape index (κ2) is 4.45. The molecule has 0 nitrogen and oxygen atoms in total. The summed E-state index contributed by atoms with van der Waals surface area (Å²) < 4.78 is 3.04. The fraction of sp³-hybridized carbons (Fsp3) is 1.00. The number of fused-ring (bicyclic) bond motifs is 10. The van der Waals surface area contributed by atoms with Gasteiger partial charge in [-0.05, 0) is 0 Å². The van der Waals surface area contributed by atoms with Crippen molar-refractivity contribution in [3.8, 4) is 0 Å². The first kappa shape index (κ1) is 27.0. The van der Waals surface area contributed by atoms with Gasteiger partial charge in [-0.3, -0.25) is 0 Å². The van der Waals surface area contributed by atoms with Crippen LogP contribution in [0.2, 0.25) is 46.7 Å². The molecule has 0 aromatic carbocycles. The maximum atomic E-state index is 2.87. The molecular weight excluding hydrogens is 646 g/mol. The summed E-state index contributed by atoms with van der Waals surface area (Å²) in [7, 11) is 0.234. The van der Waals surface area contributed by atoms with E-state index in [9.17, 15) is 0 Å². The van der Waals surface area contributed by atoms with Crippen LogP contribution in [0.15, 0.2) is 0 Å². The number of hydrogen-bond acceptors (Lipinski definition) is 0. The molecule has 0 radical (unpaired) electrons. The van der Waals surface area contributed by atoms with Gasteiger partial charge in [0.05, 0.1) is 0 Å². The third kappa shape index (κ3) is 0.862. The molecule has 3 heteroatoms. The van der Waals surface area contributed by atoms with E-state index in [1.165, 1.54) is 68.7 Å². The van der Waals surface area contributed by atoms with Gasteiger partial charge >= 0.3 is 282 Å². The van der Waals surface area contributed by atoms with Crippen molar-refractivity contribution in [1.29, 1.82) is 0 Å². The average Bonchev–Trinajstić information content (AvgIpc) is 3.89. The van der Waals surface area contributed by atoms with E-state index in [0.717, 1.165) is 36.6 Å². The average molecular weight is 715 g/mol. The summed E-state index contributed by atoms with van der Waals surface area (Å²) in [5, 5.41) is 1.02. The van der Waals surface area contributed by atoms with E-state index in [1.54, 1.807) is 64.2 Å². The van der Waals surface area contributed by atoms with Crippen LogP contribution in [-0.4, -0.2) is 34.0 Å². The third-order valence-corrected chi connectivity index (χ3v) is 81.9. The molecule has 262 valence electrons. The van der Waals surface area contributed by atoms with Crippen LogP contribution in [0.25, 0.3) is 0 Å². The Morgan fingerprint density at radius 1 is 0.489 bits per heavy atom. The monoisotopic (exact) mass is 714 g/mol. The van der Waals surface area contributed by atoms with Crippen LogP contribution in [-0.2, 0) is 6.51 Å². The van der Waals surface area contributed by atoms with E-state index in [1.807, 2.05) is 12.3 Å².